The maximum atomic E-state index is 12.1. The molecule has 0 saturated carbocycles. The van der Waals surface area contributed by atoms with E-state index in [1.54, 1.807) is 0 Å². The molecular formula is C7H11F. The molecule has 0 amide bonds. The van der Waals surface area contributed by atoms with Crippen molar-refractivity contribution >= 4 is 0 Å². The molecule has 0 aliphatic rings. The van der Waals surface area contributed by atoms with Crippen LogP contribution in [0.2, 0.25) is 0 Å². The number of allylic oxidation sites excluding steroid dienone is 3. The standard InChI is InChI=1S/C7H11F/c1-3-5-6-7(8)4-2/h4,6H,2-3,5H2,1H3/b7-6-. The number of hydrogen-bond donors (Lipinski definition) is 0. The van der Waals surface area contributed by atoms with Gasteiger partial charge in [-0.05, 0) is 18.6 Å². The van der Waals surface area contributed by atoms with Crippen molar-refractivity contribution in [3.8, 4) is 0 Å². The third-order valence-electron chi connectivity index (χ3n) is 0.823. The Hall–Kier alpha value is -0.590. The minimum Gasteiger partial charge on any atom is -0.207 e. The molecule has 0 aliphatic carbocycles. The van der Waals surface area contributed by atoms with Gasteiger partial charge in [0.25, 0.3) is 0 Å². The minimum absolute atomic E-state index is 0.216. The Labute approximate surface area is 49.7 Å². The van der Waals surface area contributed by atoms with Crippen LogP contribution in [-0.2, 0) is 0 Å². The van der Waals surface area contributed by atoms with Crippen LogP contribution in [0.4, 0.5) is 4.39 Å². The van der Waals surface area contributed by atoms with Crippen LogP contribution in [0.3, 0.4) is 0 Å². The molecule has 0 N–H and O–H groups in total. The number of hydrogen-bond acceptors (Lipinski definition) is 0. The van der Waals surface area contributed by atoms with Gasteiger partial charge >= 0.3 is 0 Å². The smallest absolute Gasteiger partial charge is 0.118 e. The van der Waals surface area contributed by atoms with Crippen molar-refractivity contribution in [1.29, 1.82) is 0 Å². The van der Waals surface area contributed by atoms with Crippen LogP contribution in [0.15, 0.2) is 24.6 Å². The summed E-state index contributed by atoms with van der Waals surface area (Å²) in [5, 5.41) is 0. The first-order valence-corrected chi connectivity index (χ1v) is 2.79. The van der Waals surface area contributed by atoms with Gasteiger partial charge in [0.15, 0.2) is 0 Å². The molecular weight excluding hydrogens is 103 g/mol. The van der Waals surface area contributed by atoms with E-state index in [0.717, 1.165) is 12.8 Å². The molecule has 0 heterocycles. The first-order valence-electron chi connectivity index (χ1n) is 2.79. The Morgan fingerprint density at radius 3 is 2.75 bits per heavy atom. The normalized spacial score (nSPS) is 11.5. The lowest BCUT2D eigenvalue weighted by Crippen LogP contribution is -1.64. The van der Waals surface area contributed by atoms with E-state index in [9.17, 15) is 4.39 Å². The average molecular weight is 114 g/mol. The van der Waals surface area contributed by atoms with Crippen molar-refractivity contribution in [3.05, 3.63) is 24.6 Å². The molecule has 0 atom stereocenters. The van der Waals surface area contributed by atoms with Crippen molar-refractivity contribution < 1.29 is 4.39 Å². The van der Waals surface area contributed by atoms with E-state index in [2.05, 4.69) is 6.58 Å². The van der Waals surface area contributed by atoms with Crippen molar-refractivity contribution in [2.45, 2.75) is 19.8 Å². The molecule has 1 heteroatoms. The zero-order valence-electron chi connectivity index (χ0n) is 5.15. The van der Waals surface area contributed by atoms with Gasteiger partial charge in [0.2, 0.25) is 0 Å². The van der Waals surface area contributed by atoms with Crippen molar-refractivity contribution in [2.24, 2.45) is 0 Å². The van der Waals surface area contributed by atoms with Crippen molar-refractivity contribution in [3.63, 3.8) is 0 Å². The Balaban J connectivity index is 3.40. The van der Waals surface area contributed by atoms with E-state index in [4.69, 9.17) is 0 Å². The van der Waals surface area contributed by atoms with Crippen LogP contribution >= 0.6 is 0 Å². The molecule has 0 unspecified atom stereocenters. The van der Waals surface area contributed by atoms with E-state index >= 15 is 0 Å². The lowest BCUT2D eigenvalue weighted by atomic mass is 10.3. The predicted octanol–water partition coefficient (Wildman–Crippen LogP) is 2.83. The van der Waals surface area contributed by atoms with Gasteiger partial charge in [-0.1, -0.05) is 19.9 Å². The molecule has 8 heavy (non-hydrogen) atoms. The van der Waals surface area contributed by atoms with Gasteiger partial charge in [-0.15, -0.1) is 0 Å². The molecule has 46 valence electrons. The second kappa shape index (κ2) is 4.57. The summed E-state index contributed by atoms with van der Waals surface area (Å²) >= 11 is 0. The number of halogens is 1. The first kappa shape index (κ1) is 7.41. The average Bonchev–Trinajstić information content (AvgIpc) is 1.83. The van der Waals surface area contributed by atoms with E-state index < -0.39 is 0 Å². The van der Waals surface area contributed by atoms with Crippen LogP contribution in [0.25, 0.3) is 0 Å². The monoisotopic (exact) mass is 114 g/mol. The van der Waals surface area contributed by atoms with Crippen LogP contribution < -0.4 is 0 Å². The van der Waals surface area contributed by atoms with Crippen LogP contribution in [-0.4, -0.2) is 0 Å². The molecule has 0 aliphatic heterocycles. The zero-order chi connectivity index (χ0) is 6.41. The summed E-state index contributed by atoms with van der Waals surface area (Å²) in [5.41, 5.74) is 0. The first-order chi connectivity index (χ1) is 3.81. The number of rotatable bonds is 3. The van der Waals surface area contributed by atoms with Crippen LogP contribution in [0, 0.1) is 0 Å². The maximum Gasteiger partial charge on any atom is 0.118 e. The summed E-state index contributed by atoms with van der Waals surface area (Å²) in [7, 11) is 0. The van der Waals surface area contributed by atoms with E-state index in [0.29, 0.717) is 0 Å². The lowest BCUT2D eigenvalue weighted by Gasteiger charge is -1.83. The fourth-order valence-electron chi connectivity index (χ4n) is 0.366. The molecule has 0 spiro atoms. The minimum atomic E-state index is -0.216. The van der Waals surface area contributed by atoms with Crippen molar-refractivity contribution in [1.82, 2.24) is 0 Å². The highest BCUT2D eigenvalue weighted by Gasteiger charge is 1.80. The van der Waals surface area contributed by atoms with E-state index in [-0.39, 0.29) is 5.83 Å². The summed E-state index contributed by atoms with van der Waals surface area (Å²) in [5.74, 6) is -0.216. The Morgan fingerprint density at radius 1 is 1.75 bits per heavy atom. The van der Waals surface area contributed by atoms with Gasteiger partial charge in [-0.3, -0.25) is 0 Å². The zero-order valence-corrected chi connectivity index (χ0v) is 5.15. The molecule has 0 saturated heterocycles. The quantitative estimate of drug-likeness (QED) is 0.495. The highest BCUT2D eigenvalue weighted by molar-refractivity contribution is 5.06. The summed E-state index contributed by atoms with van der Waals surface area (Å²) < 4.78 is 12.1. The molecule has 0 aromatic heterocycles. The summed E-state index contributed by atoms with van der Waals surface area (Å²) in [4.78, 5) is 0. The third kappa shape index (κ3) is 3.59. The highest BCUT2D eigenvalue weighted by atomic mass is 19.1. The third-order valence-corrected chi connectivity index (χ3v) is 0.823. The molecule has 0 aromatic rings. The molecule has 0 aromatic carbocycles. The Kier molecular flexibility index (Phi) is 4.23. The fourth-order valence-corrected chi connectivity index (χ4v) is 0.366. The maximum absolute atomic E-state index is 12.1. The van der Waals surface area contributed by atoms with Gasteiger partial charge in [-0.25, -0.2) is 4.39 Å². The van der Waals surface area contributed by atoms with Crippen LogP contribution in [0.5, 0.6) is 0 Å². The summed E-state index contributed by atoms with van der Waals surface area (Å²) in [6.45, 7) is 5.28. The SMILES string of the molecule is C=C/C(F)=C/CCC. The molecule has 0 nitrogen and oxygen atoms in total. The van der Waals surface area contributed by atoms with Gasteiger partial charge in [-0.2, -0.15) is 0 Å². The molecule has 0 bridgehead atoms. The second-order valence-electron chi connectivity index (χ2n) is 1.58. The van der Waals surface area contributed by atoms with Crippen molar-refractivity contribution in [2.75, 3.05) is 0 Å². The topological polar surface area (TPSA) is 0 Å². The van der Waals surface area contributed by atoms with Gasteiger partial charge in [0, 0.05) is 0 Å². The fraction of sp³-hybridized carbons (Fsp3) is 0.429. The van der Waals surface area contributed by atoms with Crippen LogP contribution in [0.1, 0.15) is 19.8 Å². The van der Waals surface area contributed by atoms with E-state index in [1.165, 1.54) is 12.2 Å². The molecule has 0 fully saturated rings. The van der Waals surface area contributed by atoms with Gasteiger partial charge < -0.3 is 0 Å². The number of unbranched alkanes of at least 4 members (excludes halogenated alkanes) is 1. The van der Waals surface area contributed by atoms with Gasteiger partial charge in [0.1, 0.15) is 5.83 Å². The van der Waals surface area contributed by atoms with E-state index in [1.807, 2.05) is 6.92 Å². The summed E-state index contributed by atoms with van der Waals surface area (Å²) in [6, 6.07) is 0. The Morgan fingerprint density at radius 2 is 2.38 bits per heavy atom. The summed E-state index contributed by atoms with van der Waals surface area (Å²) in [6.07, 6.45) is 4.54. The predicted molar refractivity (Wildman–Crippen MR) is 34.3 cm³/mol. The second-order valence-corrected chi connectivity index (χ2v) is 1.58. The highest BCUT2D eigenvalue weighted by Crippen LogP contribution is 1.99. The largest absolute Gasteiger partial charge is 0.207 e. The lowest BCUT2D eigenvalue weighted by molar-refractivity contribution is 0.658. The Bertz CT molecular complexity index is 92.6. The molecule has 0 rings (SSSR count). The molecule has 0 radical (unpaired) electrons. The van der Waals surface area contributed by atoms with Gasteiger partial charge in [0.05, 0.1) is 0 Å².